The van der Waals surface area contributed by atoms with Crippen LogP contribution in [0, 0.1) is 13.8 Å². The van der Waals surface area contributed by atoms with E-state index >= 15 is 0 Å². The zero-order chi connectivity index (χ0) is 41.4. The molecule has 0 bridgehead atoms. The predicted molar refractivity (Wildman–Crippen MR) is 213 cm³/mol. The van der Waals surface area contributed by atoms with Gasteiger partial charge in [-0.2, -0.15) is 17.6 Å². The Bertz CT molecular complexity index is 2470. The topological polar surface area (TPSA) is 115 Å². The molecule has 310 valence electrons. The number of fused-ring (bicyclic) bond motifs is 2. The summed E-state index contributed by atoms with van der Waals surface area (Å²) < 4.78 is 81.6. The molecule has 11 nitrogen and oxygen atoms in total. The first-order valence-electron chi connectivity index (χ1n) is 19.8. The lowest BCUT2D eigenvalue weighted by atomic mass is 9.91. The molecule has 2 aliphatic heterocycles. The maximum Gasteiger partial charge on any atom is 0.387 e. The van der Waals surface area contributed by atoms with Gasteiger partial charge in [0.25, 0.3) is 0 Å². The molecule has 4 aromatic carbocycles. The first-order valence-corrected chi connectivity index (χ1v) is 19.8. The van der Waals surface area contributed by atoms with Gasteiger partial charge >= 0.3 is 19.2 Å². The SMILES string of the molecule is CCN(CC)C1CN(Cc2cc3nc(-c4cccc(-c5cccc(-c6nc7cc(COC(=O)[C@@H]8CCCN8)c(OC(F)F)cc7o6)c5C)c4C)oc3cc2OC(F)F)C1. The van der Waals surface area contributed by atoms with Crippen LogP contribution in [0.1, 0.15) is 48.9 Å². The largest absolute Gasteiger partial charge is 0.460 e. The molecule has 0 radical (unpaired) electrons. The third-order valence-electron chi connectivity index (χ3n) is 11.4. The number of hydrogen-bond acceptors (Lipinski definition) is 11. The smallest absolute Gasteiger partial charge is 0.387 e. The number of oxazole rings is 2. The molecule has 2 saturated heterocycles. The van der Waals surface area contributed by atoms with E-state index in [2.05, 4.69) is 29.0 Å². The fraction of sp³-hybridized carbons (Fsp3) is 0.386. The molecule has 0 spiro atoms. The number of halogens is 4. The number of likely N-dealkylation sites (N-methyl/N-ethyl adjacent to an activating group) is 1. The summed E-state index contributed by atoms with van der Waals surface area (Å²) >= 11 is 0. The van der Waals surface area contributed by atoms with Gasteiger partial charge in [0.05, 0.1) is 0 Å². The molecular weight excluding hydrogens is 771 g/mol. The van der Waals surface area contributed by atoms with E-state index in [1.54, 1.807) is 6.07 Å². The van der Waals surface area contributed by atoms with Gasteiger partial charge < -0.3 is 28.4 Å². The lowest BCUT2D eigenvalue weighted by Crippen LogP contribution is -2.58. The lowest BCUT2D eigenvalue weighted by molar-refractivity contribution is -0.147. The van der Waals surface area contributed by atoms with Crippen LogP contribution in [0.4, 0.5) is 17.6 Å². The maximum atomic E-state index is 13.6. The Kier molecular flexibility index (Phi) is 11.6. The number of likely N-dealkylation sites (tertiary alicyclic amines) is 1. The minimum Gasteiger partial charge on any atom is -0.460 e. The minimum atomic E-state index is -3.11. The first-order chi connectivity index (χ1) is 28.5. The lowest BCUT2D eigenvalue weighted by Gasteiger charge is -2.45. The summed E-state index contributed by atoms with van der Waals surface area (Å²) in [6.07, 6.45) is 1.49. The van der Waals surface area contributed by atoms with Crippen molar-refractivity contribution in [3.05, 3.63) is 82.9 Å². The fourth-order valence-electron chi connectivity index (χ4n) is 8.21. The van der Waals surface area contributed by atoms with Crippen molar-refractivity contribution >= 4 is 28.2 Å². The van der Waals surface area contributed by atoms with Crippen molar-refractivity contribution in [3.8, 4) is 45.5 Å². The van der Waals surface area contributed by atoms with Gasteiger partial charge in [-0.05, 0) is 92.8 Å². The summed E-state index contributed by atoms with van der Waals surface area (Å²) in [6.45, 7) is 6.54. The summed E-state index contributed by atoms with van der Waals surface area (Å²) in [5.41, 5.74) is 7.17. The molecule has 1 N–H and O–H groups in total. The number of nitrogens with one attached hydrogen (secondary N) is 1. The molecule has 2 aromatic heterocycles. The average molecular weight is 816 g/mol. The Morgan fingerprint density at radius 3 is 1.85 bits per heavy atom. The van der Waals surface area contributed by atoms with Crippen LogP contribution in [0.5, 0.6) is 11.5 Å². The van der Waals surface area contributed by atoms with Gasteiger partial charge in [-0.3, -0.25) is 14.6 Å². The van der Waals surface area contributed by atoms with Crippen LogP contribution in [0.25, 0.3) is 56.2 Å². The number of ether oxygens (including phenoxy) is 3. The van der Waals surface area contributed by atoms with Gasteiger partial charge in [-0.1, -0.05) is 38.1 Å². The van der Waals surface area contributed by atoms with E-state index in [9.17, 15) is 22.4 Å². The van der Waals surface area contributed by atoms with Crippen molar-refractivity contribution in [2.75, 3.05) is 32.7 Å². The molecule has 6 aromatic rings. The van der Waals surface area contributed by atoms with Gasteiger partial charge in [0.15, 0.2) is 11.2 Å². The van der Waals surface area contributed by atoms with Gasteiger partial charge in [0.2, 0.25) is 11.8 Å². The normalized spacial score (nSPS) is 16.2. The van der Waals surface area contributed by atoms with Crippen molar-refractivity contribution in [1.82, 2.24) is 25.1 Å². The quantitative estimate of drug-likeness (QED) is 0.0791. The van der Waals surface area contributed by atoms with E-state index in [4.69, 9.17) is 33.0 Å². The van der Waals surface area contributed by atoms with E-state index in [1.165, 1.54) is 18.2 Å². The van der Waals surface area contributed by atoms with Crippen molar-refractivity contribution in [3.63, 3.8) is 0 Å². The molecule has 1 atom stereocenters. The van der Waals surface area contributed by atoms with Crippen LogP contribution in [-0.2, 0) is 22.7 Å². The van der Waals surface area contributed by atoms with Crippen LogP contribution in [0.2, 0.25) is 0 Å². The molecule has 8 rings (SSSR count). The maximum absolute atomic E-state index is 13.6. The molecule has 4 heterocycles. The molecule has 0 saturated carbocycles. The van der Waals surface area contributed by atoms with E-state index in [1.807, 2.05) is 50.2 Å². The minimum absolute atomic E-state index is 0.0629. The van der Waals surface area contributed by atoms with Gasteiger partial charge in [-0.25, -0.2) is 9.97 Å². The highest BCUT2D eigenvalue weighted by atomic mass is 19.3. The number of aromatic nitrogens is 2. The third kappa shape index (κ3) is 8.36. The average Bonchev–Trinajstić information content (AvgIpc) is 3.97. The van der Waals surface area contributed by atoms with E-state index in [0.29, 0.717) is 59.2 Å². The highest BCUT2D eigenvalue weighted by molar-refractivity contribution is 5.85. The number of hydrogen-bond donors (Lipinski definition) is 1. The molecular formula is C44H45F4N5O6. The summed E-state index contributed by atoms with van der Waals surface area (Å²) in [4.78, 5) is 26.7. The third-order valence-corrected chi connectivity index (χ3v) is 11.4. The number of benzene rings is 4. The first kappa shape index (κ1) is 40.3. The molecule has 0 amide bonds. The predicted octanol–water partition coefficient (Wildman–Crippen LogP) is 9.11. The zero-order valence-electron chi connectivity index (χ0n) is 33.2. The Morgan fingerprint density at radius 1 is 0.814 bits per heavy atom. The van der Waals surface area contributed by atoms with Crippen molar-refractivity contribution in [2.45, 2.75) is 79.0 Å². The number of esters is 1. The Labute approximate surface area is 338 Å². The summed E-state index contributed by atoms with van der Waals surface area (Å²) in [7, 11) is 0. The fourth-order valence-corrected chi connectivity index (χ4v) is 8.21. The second-order valence-electron chi connectivity index (χ2n) is 14.9. The number of alkyl halides is 4. The standard InChI is InChI=1S/C44H45F4N5O6/c1-5-53(6-2)28-21-52(22-28)20-26-16-34-38(18-36(26)58-43(45)46)56-40(50-34)31-12-7-10-29(24(31)3)30-11-8-13-32(25(30)4)41-51-35-17-27(23-55-42(54)33-14-9-15-49-33)37(59-44(47)48)19-39(35)57-41/h7-8,10-13,16-19,28,33,43-44,49H,5-6,9,14-15,20-23H2,1-4H3/t33-/m0/s1. The molecule has 2 aliphatic rings. The van der Waals surface area contributed by atoms with Crippen LogP contribution < -0.4 is 14.8 Å². The van der Waals surface area contributed by atoms with Gasteiger partial charge in [0, 0.05) is 60.1 Å². The number of carbonyl (C=O) groups excluding carboxylic acids is 1. The molecule has 0 aliphatic carbocycles. The van der Waals surface area contributed by atoms with Crippen LogP contribution in [-0.4, -0.2) is 83.8 Å². The van der Waals surface area contributed by atoms with Gasteiger partial charge in [0.1, 0.15) is 35.2 Å². The Balaban J connectivity index is 1.08. The Hall–Kier alpha value is -5.51. The van der Waals surface area contributed by atoms with Crippen molar-refractivity contribution < 1.29 is 45.4 Å². The second-order valence-corrected chi connectivity index (χ2v) is 14.9. The van der Waals surface area contributed by atoms with Crippen molar-refractivity contribution in [2.24, 2.45) is 0 Å². The zero-order valence-corrected chi connectivity index (χ0v) is 33.2. The summed E-state index contributed by atoms with van der Waals surface area (Å²) in [5.74, 6) is 0.0277. The molecule has 2 fully saturated rings. The number of rotatable bonds is 15. The molecule has 0 unspecified atom stereocenters. The number of nitrogens with zero attached hydrogens (tertiary/aromatic N) is 4. The summed E-state index contributed by atoms with van der Waals surface area (Å²) in [6, 6.07) is 17.6. The van der Waals surface area contributed by atoms with E-state index < -0.39 is 25.2 Å². The summed E-state index contributed by atoms with van der Waals surface area (Å²) in [5, 5.41) is 3.07. The monoisotopic (exact) mass is 815 g/mol. The van der Waals surface area contributed by atoms with Crippen LogP contribution >= 0.6 is 0 Å². The Morgan fingerprint density at radius 2 is 1.34 bits per heavy atom. The van der Waals surface area contributed by atoms with Crippen LogP contribution in [0.15, 0.2) is 69.5 Å². The van der Waals surface area contributed by atoms with Crippen LogP contribution in [0.3, 0.4) is 0 Å². The van der Waals surface area contributed by atoms with Crippen molar-refractivity contribution in [1.29, 1.82) is 0 Å². The second kappa shape index (κ2) is 17.0. The molecule has 15 heteroatoms. The van der Waals surface area contributed by atoms with E-state index in [-0.39, 0.29) is 35.1 Å². The van der Waals surface area contributed by atoms with E-state index in [0.717, 1.165) is 60.4 Å². The van der Waals surface area contributed by atoms with Gasteiger partial charge in [-0.15, -0.1) is 0 Å². The highest BCUT2D eigenvalue weighted by Gasteiger charge is 2.31. The molecule has 59 heavy (non-hydrogen) atoms. The highest BCUT2D eigenvalue weighted by Crippen LogP contribution is 2.40. The number of carbonyl (C=O) groups is 1.